The number of aliphatic carboxylic acids is 1. The molecule has 1 aliphatic rings. The molecule has 6 nitrogen and oxygen atoms in total. The first kappa shape index (κ1) is 18.6. The predicted molar refractivity (Wildman–Crippen MR) is 91.5 cm³/mol. The molecule has 2 atom stereocenters. The number of hydrogen-bond acceptors (Lipinski definition) is 5. The van der Waals surface area contributed by atoms with E-state index in [9.17, 15) is 14.7 Å². The number of methoxy groups -OCH3 is 2. The summed E-state index contributed by atoms with van der Waals surface area (Å²) in [7, 11) is 3.09. The van der Waals surface area contributed by atoms with E-state index in [-0.39, 0.29) is 24.3 Å². The smallest absolute Gasteiger partial charge is 0.313 e. The van der Waals surface area contributed by atoms with Crippen molar-refractivity contribution in [2.75, 3.05) is 33.9 Å². The molecule has 1 heterocycles. The quantitative estimate of drug-likeness (QED) is 0.757. The van der Waals surface area contributed by atoms with Gasteiger partial charge in [-0.3, -0.25) is 9.59 Å². The second-order valence-corrected chi connectivity index (χ2v) is 7.38. The van der Waals surface area contributed by atoms with Crippen LogP contribution in [0.25, 0.3) is 0 Å². The van der Waals surface area contributed by atoms with Crippen LogP contribution in [0.5, 0.6) is 5.75 Å². The van der Waals surface area contributed by atoms with Crippen molar-refractivity contribution < 1.29 is 24.2 Å². The molecule has 1 aromatic carbocycles. The largest absolute Gasteiger partial charge is 0.497 e. The van der Waals surface area contributed by atoms with Crippen molar-refractivity contribution in [3.8, 4) is 5.75 Å². The zero-order valence-electron chi connectivity index (χ0n) is 14.2. The van der Waals surface area contributed by atoms with Crippen LogP contribution in [0.4, 0.5) is 0 Å². The van der Waals surface area contributed by atoms with Crippen molar-refractivity contribution in [3.63, 3.8) is 0 Å². The molecule has 1 fully saturated rings. The normalized spacial score (nSPS) is 21.5. The van der Waals surface area contributed by atoms with E-state index in [4.69, 9.17) is 9.47 Å². The van der Waals surface area contributed by atoms with Gasteiger partial charge in [0.15, 0.2) is 0 Å². The lowest BCUT2D eigenvalue weighted by Crippen LogP contribution is -2.41. The van der Waals surface area contributed by atoms with Gasteiger partial charge in [-0.1, -0.05) is 0 Å². The lowest BCUT2D eigenvalue weighted by Gasteiger charge is -2.25. The van der Waals surface area contributed by atoms with Gasteiger partial charge >= 0.3 is 5.97 Å². The second-order valence-electron chi connectivity index (χ2n) is 5.96. The van der Waals surface area contributed by atoms with Gasteiger partial charge in [0.25, 0.3) is 0 Å². The highest BCUT2D eigenvalue weighted by molar-refractivity contribution is 8.00. The van der Waals surface area contributed by atoms with Crippen LogP contribution in [0.1, 0.15) is 13.3 Å². The Kier molecular flexibility index (Phi) is 6.12. The first-order valence-electron chi connectivity index (χ1n) is 7.74. The van der Waals surface area contributed by atoms with E-state index in [1.807, 2.05) is 31.2 Å². The molecule has 0 saturated carbocycles. The van der Waals surface area contributed by atoms with Crippen molar-refractivity contribution in [1.29, 1.82) is 0 Å². The van der Waals surface area contributed by atoms with Gasteiger partial charge in [-0.25, -0.2) is 0 Å². The second kappa shape index (κ2) is 7.90. The zero-order chi connectivity index (χ0) is 17.7. The number of carboxylic acid groups (broad SMARTS) is 1. The van der Waals surface area contributed by atoms with Crippen LogP contribution in [0, 0.1) is 5.41 Å². The van der Waals surface area contributed by atoms with Gasteiger partial charge in [-0.15, -0.1) is 11.8 Å². The summed E-state index contributed by atoms with van der Waals surface area (Å²) in [5.41, 5.74) is -0.991. The van der Waals surface area contributed by atoms with Gasteiger partial charge in [0, 0.05) is 25.1 Å². The van der Waals surface area contributed by atoms with Crippen LogP contribution in [-0.4, -0.2) is 61.0 Å². The number of carboxylic acids is 1. The van der Waals surface area contributed by atoms with Gasteiger partial charge in [0.2, 0.25) is 5.91 Å². The van der Waals surface area contributed by atoms with Crippen molar-refractivity contribution in [3.05, 3.63) is 24.3 Å². The summed E-state index contributed by atoms with van der Waals surface area (Å²) in [4.78, 5) is 26.8. The third-order valence-electron chi connectivity index (χ3n) is 4.26. The molecule has 7 heteroatoms. The molecule has 2 rings (SSSR count). The van der Waals surface area contributed by atoms with Gasteiger partial charge in [-0.05, 0) is 37.6 Å². The molecule has 1 saturated heterocycles. The number of carbonyl (C=O) groups excluding carboxylic acids is 1. The Morgan fingerprint density at radius 2 is 2.00 bits per heavy atom. The molecule has 0 bridgehead atoms. The molecule has 0 aromatic heterocycles. The first-order valence-corrected chi connectivity index (χ1v) is 8.61. The highest BCUT2D eigenvalue weighted by atomic mass is 32.2. The summed E-state index contributed by atoms with van der Waals surface area (Å²) in [6.45, 7) is 2.60. The number of benzene rings is 1. The van der Waals surface area contributed by atoms with E-state index >= 15 is 0 Å². The molecule has 24 heavy (non-hydrogen) atoms. The highest BCUT2D eigenvalue weighted by Gasteiger charge is 2.47. The van der Waals surface area contributed by atoms with Crippen molar-refractivity contribution >= 4 is 23.6 Å². The molecule has 1 aliphatic heterocycles. The number of likely N-dealkylation sites (tertiary alicyclic amines) is 1. The number of amides is 1. The molecule has 1 N–H and O–H groups in total. The van der Waals surface area contributed by atoms with E-state index < -0.39 is 11.4 Å². The third-order valence-corrected chi connectivity index (χ3v) is 5.36. The lowest BCUT2D eigenvalue weighted by atomic mass is 9.88. The van der Waals surface area contributed by atoms with Crippen LogP contribution in [-0.2, 0) is 14.3 Å². The standard InChI is InChI=1S/C17H23NO5S/c1-12(24-14-6-4-13(23-3)5-7-14)15(19)18-9-8-17(10-18,11-22-2)16(20)21/h4-7,12H,8-11H2,1-3H3,(H,20,21). The molecular formula is C17H23NO5S. The Morgan fingerprint density at radius 1 is 1.33 bits per heavy atom. The molecule has 0 spiro atoms. The van der Waals surface area contributed by atoms with Gasteiger partial charge < -0.3 is 19.5 Å². The Morgan fingerprint density at radius 3 is 2.54 bits per heavy atom. The van der Waals surface area contributed by atoms with E-state index in [0.717, 1.165) is 10.6 Å². The molecule has 1 amide bonds. The van der Waals surface area contributed by atoms with Crippen LogP contribution >= 0.6 is 11.8 Å². The Labute approximate surface area is 146 Å². The number of rotatable bonds is 7. The van der Waals surface area contributed by atoms with Crippen LogP contribution in [0.2, 0.25) is 0 Å². The number of thioether (sulfide) groups is 1. The lowest BCUT2D eigenvalue weighted by molar-refractivity contribution is -0.151. The van der Waals surface area contributed by atoms with Gasteiger partial charge in [-0.2, -0.15) is 0 Å². The molecule has 132 valence electrons. The van der Waals surface area contributed by atoms with E-state index in [2.05, 4.69) is 0 Å². The maximum Gasteiger partial charge on any atom is 0.313 e. The van der Waals surface area contributed by atoms with Crippen LogP contribution in [0.3, 0.4) is 0 Å². The van der Waals surface area contributed by atoms with Crippen molar-refractivity contribution in [2.45, 2.75) is 23.5 Å². The maximum atomic E-state index is 12.6. The fourth-order valence-electron chi connectivity index (χ4n) is 2.86. The van der Waals surface area contributed by atoms with E-state index in [0.29, 0.717) is 13.0 Å². The Hall–Kier alpha value is -1.73. The first-order chi connectivity index (χ1) is 11.4. The van der Waals surface area contributed by atoms with Gasteiger partial charge in [0.1, 0.15) is 11.2 Å². The Bertz CT molecular complexity index is 591. The summed E-state index contributed by atoms with van der Waals surface area (Å²) in [6.07, 6.45) is 0.418. The number of carbonyl (C=O) groups is 2. The third kappa shape index (κ3) is 4.02. The molecule has 1 aromatic rings. The highest BCUT2D eigenvalue weighted by Crippen LogP contribution is 2.33. The number of ether oxygens (including phenoxy) is 2. The minimum absolute atomic E-state index is 0.0463. The minimum atomic E-state index is -0.991. The van der Waals surface area contributed by atoms with Crippen LogP contribution < -0.4 is 4.74 Å². The zero-order valence-corrected chi connectivity index (χ0v) is 15.0. The van der Waals surface area contributed by atoms with E-state index in [1.54, 1.807) is 12.0 Å². The monoisotopic (exact) mass is 353 g/mol. The molecule has 2 unspecified atom stereocenters. The Balaban J connectivity index is 1.99. The fraction of sp³-hybridized carbons (Fsp3) is 0.529. The van der Waals surface area contributed by atoms with Crippen molar-refractivity contribution in [1.82, 2.24) is 4.90 Å². The maximum absolute atomic E-state index is 12.6. The SMILES string of the molecule is COCC1(C(=O)O)CCN(C(=O)C(C)Sc2ccc(OC)cc2)C1. The van der Waals surface area contributed by atoms with Crippen LogP contribution in [0.15, 0.2) is 29.2 Å². The minimum Gasteiger partial charge on any atom is -0.497 e. The predicted octanol–water partition coefficient (Wildman–Crippen LogP) is 2.13. The number of hydrogen-bond donors (Lipinski definition) is 1. The summed E-state index contributed by atoms with van der Waals surface area (Å²) >= 11 is 1.45. The average Bonchev–Trinajstić information content (AvgIpc) is 3.01. The topological polar surface area (TPSA) is 76.1 Å². The summed E-state index contributed by atoms with van der Waals surface area (Å²) in [6, 6.07) is 7.51. The molecule has 0 aliphatic carbocycles. The molecule has 0 radical (unpaired) electrons. The summed E-state index contributed by atoms with van der Waals surface area (Å²) in [5.74, 6) is -0.186. The average molecular weight is 353 g/mol. The summed E-state index contributed by atoms with van der Waals surface area (Å²) in [5, 5.41) is 9.20. The van der Waals surface area contributed by atoms with Crippen molar-refractivity contribution in [2.24, 2.45) is 5.41 Å². The van der Waals surface area contributed by atoms with Gasteiger partial charge in [0.05, 0.1) is 19.0 Å². The molecular weight excluding hydrogens is 330 g/mol. The van der Waals surface area contributed by atoms with E-state index in [1.165, 1.54) is 18.9 Å². The fourth-order valence-corrected chi connectivity index (χ4v) is 3.81. The summed E-state index contributed by atoms with van der Waals surface area (Å²) < 4.78 is 10.2. The number of nitrogens with zero attached hydrogens (tertiary/aromatic N) is 1.